The Morgan fingerprint density at radius 2 is 1.89 bits per heavy atom. The lowest BCUT2D eigenvalue weighted by molar-refractivity contribution is -0.114. The molecule has 19 heavy (non-hydrogen) atoms. The van der Waals surface area contributed by atoms with Crippen LogP contribution in [0.25, 0.3) is 0 Å². The Balaban J connectivity index is 2.93. The van der Waals surface area contributed by atoms with Gasteiger partial charge in [-0.2, -0.15) is 0 Å². The minimum atomic E-state index is -0.830. The highest BCUT2D eigenvalue weighted by Gasteiger charge is 2.25. The first-order chi connectivity index (χ1) is 9.11. The quantitative estimate of drug-likeness (QED) is 0.260. The van der Waals surface area contributed by atoms with Crippen LogP contribution in [0.5, 0.6) is 0 Å². The molecule has 0 bridgehead atoms. The Labute approximate surface area is 122 Å². The van der Waals surface area contributed by atoms with Crippen molar-refractivity contribution >= 4 is 27.5 Å². The van der Waals surface area contributed by atoms with Gasteiger partial charge in [0.1, 0.15) is 4.83 Å². The summed E-state index contributed by atoms with van der Waals surface area (Å²) in [5.41, 5.74) is 1.10. The van der Waals surface area contributed by atoms with Crippen LogP contribution in [0.2, 0.25) is 0 Å². The smallest absolute Gasteiger partial charge is 0.184 e. The molecule has 1 unspecified atom stereocenters. The van der Waals surface area contributed by atoms with E-state index in [0.717, 1.165) is 6.42 Å². The fourth-order valence-corrected chi connectivity index (χ4v) is 2.19. The Bertz CT molecular complexity index is 501. The van der Waals surface area contributed by atoms with Gasteiger partial charge in [-0.25, -0.2) is 0 Å². The predicted molar refractivity (Wildman–Crippen MR) is 81.7 cm³/mol. The van der Waals surface area contributed by atoms with Crippen LogP contribution in [0, 0.1) is 0 Å². The number of hydrogen-bond donors (Lipinski definition) is 0. The predicted octanol–water partition coefficient (Wildman–Crippen LogP) is 4.11. The lowest BCUT2D eigenvalue weighted by Crippen LogP contribution is -2.25. The van der Waals surface area contributed by atoms with Crippen molar-refractivity contribution in [3.63, 3.8) is 0 Å². The molecule has 3 heteroatoms. The van der Waals surface area contributed by atoms with Gasteiger partial charge in [-0.15, -0.1) is 0 Å². The van der Waals surface area contributed by atoms with Crippen LogP contribution in [0.1, 0.15) is 30.6 Å². The number of carbonyl (C=O) groups is 2. The van der Waals surface area contributed by atoms with Gasteiger partial charge in [0.2, 0.25) is 0 Å². The second-order valence-electron chi connectivity index (χ2n) is 4.02. The number of halogens is 1. The van der Waals surface area contributed by atoms with E-state index in [-0.39, 0.29) is 11.6 Å². The van der Waals surface area contributed by atoms with Gasteiger partial charge in [0.15, 0.2) is 11.6 Å². The zero-order chi connectivity index (χ0) is 14.3. The summed E-state index contributed by atoms with van der Waals surface area (Å²) < 4.78 is 0. The summed E-state index contributed by atoms with van der Waals surface area (Å²) in [4.78, 5) is 23.6. The van der Waals surface area contributed by atoms with E-state index in [9.17, 15) is 9.59 Å². The zero-order valence-electron chi connectivity index (χ0n) is 11.1. The largest absolute Gasteiger partial charge is 0.292 e. The Hall–Kier alpha value is -1.48. The molecule has 0 amide bonds. The van der Waals surface area contributed by atoms with E-state index >= 15 is 0 Å². The minimum absolute atomic E-state index is 0.200. The molecule has 0 spiro atoms. The molecule has 0 aromatic heterocycles. The number of alkyl halides is 1. The molecule has 0 saturated carbocycles. The van der Waals surface area contributed by atoms with E-state index in [0.29, 0.717) is 11.1 Å². The lowest BCUT2D eigenvalue weighted by atomic mass is 10.0. The van der Waals surface area contributed by atoms with Crippen molar-refractivity contribution in [2.45, 2.75) is 25.1 Å². The molecule has 0 fully saturated rings. The lowest BCUT2D eigenvalue weighted by Gasteiger charge is -2.09. The van der Waals surface area contributed by atoms with Crippen molar-refractivity contribution in [2.24, 2.45) is 0 Å². The van der Waals surface area contributed by atoms with Gasteiger partial charge in [-0.05, 0) is 13.3 Å². The molecular weight excluding hydrogens is 304 g/mol. The molecule has 1 aromatic carbocycles. The summed E-state index contributed by atoms with van der Waals surface area (Å²) in [5, 5.41) is 0. The summed E-state index contributed by atoms with van der Waals surface area (Å²) >= 11 is 3.21. The number of Topliss-reactive ketones (excluding diaryl/α,β-unsaturated/α-hetero) is 2. The first-order valence-electron chi connectivity index (χ1n) is 6.22. The highest BCUT2D eigenvalue weighted by Crippen LogP contribution is 2.16. The molecule has 2 nitrogen and oxygen atoms in total. The normalized spacial score (nSPS) is 13.5. The first-order valence-corrected chi connectivity index (χ1v) is 7.13. The summed E-state index contributed by atoms with van der Waals surface area (Å²) in [6, 6.07) is 8.83. The molecule has 0 N–H and O–H groups in total. The Morgan fingerprint density at radius 3 is 2.42 bits per heavy atom. The van der Waals surface area contributed by atoms with Crippen LogP contribution in [-0.4, -0.2) is 16.4 Å². The number of rotatable bonds is 6. The van der Waals surface area contributed by atoms with Gasteiger partial charge in [-0.3, -0.25) is 9.59 Å². The van der Waals surface area contributed by atoms with Crippen molar-refractivity contribution in [2.75, 3.05) is 0 Å². The third-order valence-corrected chi connectivity index (χ3v) is 3.41. The van der Waals surface area contributed by atoms with Crippen LogP contribution in [0.3, 0.4) is 0 Å². The molecule has 0 radical (unpaired) electrons. The van der Waals surface area contributed by atoms with Gasteiger partial charge < -0.3 is 0 Å². The van der Waals surface area contributed by atoms with Crippen molar-refractivity contribution in [1.82, 2.24) is 0 Å². The Morgan fingerprint density at radius 1 is 1.26 bits per heavy atom. The summed E-state index contributed by atoms with van der Waals surface area (Å²) in [6.45, 7) is 3.80. The zero-order valence-corrected chi connectivity index (χ0v) is 12.7. The van der Waals surface area contributed by atoms with Crippen LogP contribution in [0.15, 0.2) is 54.1 Å². The maximum atomic E-state index is 12.3. The maximum absolute atomic E-state index is 12.3. The fraction of sp³-hybridized carbons (Fsp3) is 0.250. The van der Waals surface area contributed by atoms with E-state index in [4.69, 9.17) is 0 Å². The molecule has 0 aliphatic carbocycles. The van der Waals surface area contributed by atoms with Crippen LogP contribution in [0.4, 0.5) is 0 Å². The SMILES string of the molecule is C/C=C\C(=C/CC)C(=O)C(Br)C(=O)c1ccccc1. The first kappa shape index (κ1) is 15.6. The van der Waals surface area contributed by atoms with E-state index in [2.05, 4.69) is 15.9 Å². The van der Waals surface area contributed by atoms with Gasteiger partial charge in [0.25, 0.3) is 0 Å². The third-order valence-electron chi connectivity index (χ3n) is 2.57. The molecule has 0 aliphatic rings. The number of carbonyl (C=O) groups excluding carboxylic acids is 2. The minimum Gasteiger partial charge on any atom is -0.292 e. The highest BCUT2D eigenvalue weighted by molar-refractivity contribution is 9.10. The number of benzene rings is 1. The molecule has 0 saturated heterocycles. The van der Waals surface area contributed by atoms with Crippen LogP contribution >= 0.6 is 15.9 Å². The third kappa shape index (κ3) is 4.28. The number of hydrogen-bond acceptors (Lipinski definition) is 2. The topological polar surface area (TPSA) is 34.1 Å². The van der Waals surface area contributed by atoms with E-state index in [1.807, 2.05) is 26.0 Å². The van der Waals surface area contributed by atoms with Crippen molar-refractivity contribution in [3.05, 3.63) is 59.7 Å². The molecule has 0 aliphatic heterocycles. The standard InChI is InChI=1S/C16H17BrO2/c1-3-8-12(9-4-2)15(18)14(17)16(19)13-10-6-5-7-11-13/h3,5-11,14H,4H2,1-2H3/b8-3-,12-9+. The monoisotopic (exact) mass is 320 g/mol. The average Bonchev–Trinajstić information content (AvgIpc) is 2.45. The summed E-state index contributed by atoms with van der Waals surface area (Å²) in [5.74, 6) is -0.411. The molecular formula is C16H17BrO2. The van der Waals surface area contributed by atoms with Gasteiger partial charge in [0, 0.05) is 11.1 Å². The summed E-state index contributed by atoms with van der Waals surface area (Å²) in [7, 11) is 0. The van der Waals surface area contributed by atoms with Crippen molar-refractivity contribution in [1.29, 1.82) is 0 Å². The highest BCUT2D eigenvalue weighted by atomic mass is 79.9. The number of allylic oxidation sites excluding steroid dienone is 4. The maximum Gasteiger partial charge on any atom is 0.184 e. The van der Waals surface area contributed by atoms with E-state index in [1.54, 1.807) is 36.4 Å². The summed E-state index contributed by atoms with van der Waals surface area (Å²) in [6.07, 6.45) is 6.12. The second kappa shape index (κ2) is 7.85. The van der Waals surface area contributed by atoms with Crippen molar-refractivity contribution in [3.8, 4) is 0 Å². The van der Waals surface area contributed by atoms with Gasteiger partial charge >= 0.3 is 0 Å². The Kier molecular flexibility index (Phi) is 6.43. The van der Waals surface area contributed by atoms with Crippen LogP contribution < -0.4 is 0 Å². The van der Waals surface area contributed by atoms with E-state index in [1.165, 1.54) is 0 Å². The second-order valence-corrected chi connectivity index (χ2v) is 4.94. The molecule has 1 rings (SSSR count). The van der Waals surface area contributed by atoms with Crippen molar-refractivity contribution < 1.29 is 9.59 Å². The average molecular weight is 321 g/mol. The van der Waals surface area contributed by atoms with Gasteiger partial charge in [-0.1, -0.05) is 71.4 Å². The molecule has 100 valence electrons. The molecule has 1 atom stereocenters. The van der Waals surface area contributed by atoms with Gasteiger partial charge in [0.05, 0.1) is 0 Å². The number of ketones is 2. The van der Waals surface area contributed by atoms with Crippen LogP contribution in [-0.2, 0) is 4.79 Å². The fourth-order valence-electron chi connectivity index (χ4n) is 1.66. The van der Waals surface area contributed by atoms with E-state index < -0.39 is 4.83 Å². The molecule has 0 heterocycles. The molecule has 1 aromatic rings.